The van der Waals surface area contributed by atoms with Crippen LogP contribution in [0.2, 0.25) is 0 Å². The lowest BCUT2D eigenvalue weighted by atomic mass is 10.2. The van der Waals surface area contributed by atoms with Crippen LogP contribution in [0.15, 0.2) is 44.4 Å². The van der Waals surface area contributed by atoms with Crippen LogP contribution in [0.1, 0.15) is 11.3 Å². The van der Waals surface area contributed by atoms with E-state index in [0.29, 0.717) is 15.8 Å². The van der Waals surface area contributed by atoms with E-state index in [1.54, 1.807) is 18.2 Å². The van der Waals surface area contributed by atoms with Gasteiger partial charge >= 0.3 is 0 Å². The minimum atomic E-state index is -3.70. The van der Waals surface area contributed by atoms with Gasteiger partial charge in [0.1, 0.15) is 0 Å². The van der Waals surface area contributed by atoms with E-state index in [9.17, 15) is 8.42 Å². The highest BCUT2D eigenvalue weighted by molar-refractivity contribution is 9.10. The summed E-state index contributed by atoms with van der Waals surface area (Å²) in [5.74, 6) is 0.415. The summed E-state index contributed by atoms with van der Waals surface area (Å²) in [4.78, 5) is 0.0681. The molecule has 19 heavy (non-hydrogen) atoms. The summed E-state index contributed by atoms with van der Waals surface area (Å²) < 4.78 is 31.9. The number of benzene rings is 1. The van der Waals surface area contributed by atoms with E-state index in [1.165, 1.54) is 12.3 Å². The largest absolute Gasteiger partial charge is 0.392 e. The van der Waals surface area contributed by atoms with Crippen molar-refractivity contribution in [3.8, 4) is 0 Å². The topological polar surface area (TPSA) is 92.4 Å². The highest BCUT2D eigenvalue weighted by atomic mass is 79.9. The molecule has 0 saturated heterocycles. The third kappa shape index (κ3) is 3.41. The molecule has 0 aliphatic rings. The zero-order valence-corrected chi connectivity index (χ0v) is 12.1. The molecule has 0 spiro atoms. The van der Waals surface area contributed by atoms with E-state index in [-0.39, 0.29) is 18.0 Å². The van der Waals surface area contributed by atoms with E-state index in [1.807, 2.05) is 0 Å². The molecule has 2 N–H and O–H groups in total. The Bertz CT molecular complexity index is 655. The number of sulfonamides is 1. The molecule has 0 radical (unpaired) electrons. The van der Waals surface area contributed by atoms with E-state index < -0.39 is 10.0 Å². The molecule has 0 amide bonds. The Balaban J connectivity index is 2.23. The third-order valence-electron chi connectivity index (χ3n) is 2.40. The van der Waals surface area contributed by atoms with Gasteiger partial charge in [0.2, 0.25) is 10.0 Å². The Morgan fingerprint density at radius 2 is 2.16 bits per heavy atom. The summed E-state index contributed by atoms with van der Waals surface area (Å²) in [6, 6.07) is 6.20. The molecule has 8 heteroatoms. The second kappa shape index (κ2) is 5.83. The first-order valence-corrected chi connectivity index (χ1v) is 7.59. The molecule has 0 aliphatic carbocycles. The number of aromatic nitrogens is 1. The number of aliphatic hydroxyl groups excluding tert-OH is 1. The Morgan fingerprint density at radius 3 is 2.79 bits per heavy atom. The van der Waals surface area contributed by atoms with Crippen LogP contribution in [0, 0.1) is 0 Å². The average Bonchev–Trinajstić information content (AvgIpc) is 2.90. The first-order valence-electron chi connectivity index (χ1n) is 5.31. The van der Waals surface area contributed by atoms with Crippen LogP contribution in [0.5, 0.6) is 0 Å². The molecule has 0 atom stereocenters. The predicted molar refractivity (Wildman–Crippen MR) is 70.6 cm³/mol. The molecule has 1 heterocycles. The highest BCUT2D eigenvalue weighted by Gasteiger charge is 2.18. The fourth-order valence-electron chi connectivity index (χ4n) is 1.43. The average molecular weight is 347 g/mol. The SMILES string of the molecule is O=S(=O)(NCc1ccno1)c1cc(CO)ccc1Br. The van der Waals surface area contributed by atoms with Crippen molar-refractivity contribution in [2.24, 2.45) is 0 Å². The number of nitrogens with zero attached hydrogens (tertiary/aromatic N) is 1. The fraction of sp³-hybridized carbons (Fsp3) is 0.182. The van der Waals surface area contributed by atoms with Crippen LogP contribution < -0.4 is 4.72 Å². The quantitative estimate of drug-likeness (QED) is 0.853. The summed E-state index contributed by atoms with van der Waals surface area (Å²) >= 11 is 3.18. The normalized spacial score (nSPS) is 11.7. The summed E-state index contributed by atoms with van der Waals surface area (Å²) in [5, 5.41) is 12.5. The molecule has 0 fully saturated rings. The van der Waals surface area contributed by atoms with E-state index in [4.69, 9.17) is 9.63 Å². The fourth-order valence-corrected chi connectivity index (χ4v) is 3.43. The van der Waals surface area contributed by atoms with Gasteiger partial charge in [-0.05, 0) is 33.6 Å². The van der Waals surface area contributed by atoms with Gasteiger partial charge in [0.25, 0.3) is 0 Å². The molecule has 0 bridgehead atoms. The van der Waals surface area contributed by atoms with Gasteiger partial charge in [0.15, 0.2) is 5.76 Å². The van der Waals surface area contributed by atoms with Crippen molar-refractivity contribution in [3.63, 3.8) is 0 Å². The van der Waals surface area contributed by atoms with E-state index >= 15 is 0 Å². The molecule has 6 nitrogen and oxygen atoms in total. The molecule has 2 rings (SSSR count). The van der Waals surface area contributed by atoms with Crippen molar-refractivity contribution < 1.29 is 18.0 Å². The van der Waals surface area contributed by atoms with Gasteiger partial charge in [-0.1, -0.05) is 11.2 Å². The van der Waals surface area contributed by atoms with Gasteiger partial charge in [-0.2, -0.15) is 0 Å². The number of aliphatic hydroxyl groups is 1. The molecule has 0 aliphatic heterocycles. The molecule has 102 valence electrons. The maximum absolute atomic E-state index is 12.1. The maximum atomic E-state index is 12.1. The van der Waals surface area contributed by atoms with Gasteiger partial charge in [-0.3, -0.25) is 0 Å². The lowest BCUT2D eigenvalue weighted by Gasteiger charge is -2.08. The first kappa shape index (κ1) is 14.2. The summed E-state index contributed by atoms with van der Waals surface area (Å²) in [6.45, 7) is -0.212. The minimum absolute atomic E-state index is 0.0120. The minimum Gasteiger partial charge on any atom is -0.392 e. The van der Waals surface area contributed by atoms with Crippen molar-refractivity contribution in [2.45, 2.75) is 18.0 Å². The van der Waals surface area contributed by atoms with Crippen LogP contribution in [-0.4, -0.2) is 18.7 Å². The summed E-state index contributed by atoms with van der Waals surface area (Å²) in [6.07, 6.45) is 1.44. The van der Waals surface area contributed by atoms with Gasteiger partial charge < -0.3 is 9.63 Å². The maximum Gasteiger partial charge on any atom is 0.242 e. The van der Waals surface area contributed by atoms with Gasteiger partial charge in [-0.25, -0.2) is 13.1 Å². The molecule has 1 aromatic heterocycles. The number of rotatable bonds is 5. The van der Waals surface area contributed by atoms with Gasteiger partial charge in [-0.15, -0.1) is 0 Å². The highest BCUT2D eigenvalue weighted by Crippen LogP contribution is 2.23. The zero-order valence-electron chi connectivity index (χ0n) is 9.71. The Kier molecular flexibility index (Phi) is 4.35. The first-order chi connectivity index (χ1) is 9.03. The number of nitrogens with one attached hydrogen (secondary N) is 1. The molecular formula is C11H11BrN2O4S. The monoisotopic (exact) mass is 346 g/mol. The van der Waals surface area contributed by atoms with Crippen molar-refractivity contribution >= 4 is 26.0 Å². The lowest BCUT2D eigenvalue weighted by Crippen LogP contribution is -2.23. The molecular weight excluding hydrogens is 336 g/mol. The second-order valence-electron chi connectivity index (χ2n) is 3.73. The standard InChI is InChI=1S/C11H11BrN2O4S/c12-10-2-1-8(7-15)5-11(10)19(16,17)14-6-9-3-4-13-18-9/h1-5,14-15H,6-7H2. The van der Waals surface area contributed by atoms with Crippen molar-refractivity contribution in [3.05, 3.63) is 46.3 Å². The number of hydrogen-bond acceptors (Lipinski definition) is 5. The molecule has 2 aromatic rings. The lowest BCUT2D eigenvalue weighted by molar-refractivity contribution is 0.281. The predicted octanol–water partition coefficient (Wildman–Crippen LogP) is 1.41. The Morgan fingerprint density at radius 1 is 1.37 bits per heavy atom. The Hall–Kier alpha value is -1.22. The zero-order chi connectivity index (χ0) is 13.9. The molecule has 1 aromatic carbocycles. The molecule has 0 unspecified atom stereocenters. The van der Waals surface area contributed by atoms with Gasteiger partial charge in [0.05, 0.1) is 24.2 Å². The van der Waals surface area contributed by atoms with Crippen molar-refractivity contribution in [1.82, 2.24) is 9.88 Å². The summed E-state index contributed by atoms with van der Waals surface area (Å²) in [5.41, 5.74) is 0.517. The van der Waals surface area contributed by atoms with E-state index in [2.05, 4.69) is 25.8 Å². The van der Waals surface area contributed by atoms with Crippen LogP contribution in [0.3, 0.4) is 0 Å². The summed E-state index contributed by atoms with van der Waals surface area (Å²) in [7, 11) is -3.70. The van der Waals surface area contributed by atoms with Crippen molar-refractivity contribution in [1.29, 1.82) is 0 Å². The van der Waals surface area contributed by atoms with Crippen molar-refractivity contribution in [2.75, 3.05) is 0 Å². The Labute approximate surface area is 118 Å². The number of hydrogen-bond donors (Lipinski definition) is 2. The number of halogens is 1. The van der Waals surface area contributed by atoms with Crippen LogP contribution in [-0.2, 0) is 23.2 Å². The van der Waals surface area contributed by atoms with E-state index in [0.717, 1.165) is 0 Å². The van der Waals surface area contributed by atoms with Crippen LogP contribution >= 0.6 is 15.9 Å². The third-order valence-corrected chi connectivity index (χ3v) is 4.79. The smallest absolute Gasteiger partial charge is 0.242 e. The van der Waals surface area contributed by atoms with Gasteiger partial charge in [0, 0.05) is 10.5 Å². The second-order valence-corrected chi connectivity index (χ2v) is 6.32. The van der Waals surface area contributed by atoms with Crippen LogP contribution in [0.25, 0.3) is 0 Å². The molecule has 0 saturated carbocycles. The van der Waals surface area contributed by atoms with Crippen LogP contribution in [0.4, 0.5) is 0 Å².